The summed E-state index contributed by atoms with van der Waals surface area (Å²) in [5.41, 5.74) is 8.66. The Hall–Kier alpha value is -1.32. The van der Waals surface area contributed by atoms with Crippen molar-refractivity contribution in [2.45, 2.75) is 46.2 Å². The lowest BCUT2D eigenvalue weighted by molar-refractivity contribution is 0.104. The van der Waals surface area contributed by atoms with Crippen molar-refractivity contribution in [3.8, 4) is 0 Å². The van der Waals surface area contributed by atoms with Gasteiger partial charge in [-0.2, -0.15) is 0 Å². The molecule has 2 rings (SSSR count). The van der Waals surface area contributed by atoms with Crippen LogP contribution in [0.4, 0.5) is 0 Å². The van der Waals surface area contributed by atoms with Gasteiger partial charge in [-0.05, 0) is 41.8 Å². The summed E-state index contributed by atoms with van der Waals surface area (Å²) >= 11 is 0. The number of hydrogen-bond acceptors (Lipinski definition) is 2. The van der Waals surface area contributed by atoms with Gasteiger partial charge in [0, 0.05) is 30.9 Å². The minimum atomic E-state index is 0.250. The first-order valence-electron chi connectivity index (χ1n) is 8.01. The van der Waals surface area contributed by atoms with Crippen LogP contribution in [0.1, 0.15) is 32.8 Å². The van der Waals surface area contributed by atoms with E-state index in [-0.39, 0.29) is 6.04 Å². The Morgan fingerprint density at radius 2 is 2.05 bits per heavy atom. The van der Waals surface area contributed by atoms with E-state index in [1.807, 2.05) is 0 Å². The summed E-state index contributed by atoms with van der Waals surface area (Å²) in [5.74, 6) is 0.591. The van der Waals surface area contributed by atoms with Gasteiger partial charge in [-0.25, -0.2) is 0 Å². The van der Waals surface area contributed by atoms with Gasteiger partial charge in [-0.15, -0.1) is 0 Å². The van der Waals surface area contributed by atoms with Gasteiger partial charge < -0.3 is 15.0 Å². The summed E-state index contributed by atoms with van der Waals surface area (Å²) in [7, 11) is 0. The minimum absolute atomic E-state index is 0.250. The highest BCUT2D eigenvalue weighted by molar-refractivity contribution is 5.80. The van der Waals surface area contributed by atoms with Gasteiger partial charge in [-0.3, -0.25) is 0 Å². The number of fused-ring (bicyclic) bond motifs is 1. The van der Waals surface area contributed by atoms with Crippen molar-refractivity contribution in [1.82, 2.24) is 4.57 Å². The van der Waals surface area contributed by atoms with Crippen molar-refractivity contribution in [2.75, 3.05) is 13.2 Å². The molecule has 1 aromatic carbocycles. The van der Waals surface area contributed by atoms with Crippen LogP contribution in [-0.2, 0) is 17.7 Å². The van der Waals surface area contributed by atoms with Gasteiger partial charge in [-0.1, -0.05) is 32.9 Å². The topological polar surface area (TPSA) is 40.2 Å². The number of benzene rings is 1. The molecule has 0 spiro atoms. The number of hydrogen-bond donors (Lipinski definition) is 1. The van der Waals surface area contributed by atoms with Crippen molar-refractivity contribution < 1.29 is 4.74 Å². The van der Waals surface area contributed by atoms with Crippen molar-refractivity contribution in [3.05, 3.63) is 36.0 Å². The van der Waals surface area contributed by atoms with Gasteiger partial charge in [0.05, 0.1) is 6.61 Å². The molecule has 2 aromatic rings. The number of ether oxygens (including phenoxy) is 1. The quantitative estimate of drug-likeness (QED) is 0.754. The smallest absolute Gasteiger partial charge is 0.0645 e. The SMILES string of the molecule is CCC(N)Cc1ccc2ccn(CCOCC(C)C)c2c1. The number of aromatic nitrogens is 1. The second-order valence-corrected chi connectivity index (χ2v) is 6.24. The molecule has 0 aliphatic rings. The number of rotatable bonds is 8. The molecule has 0 fully saturated rings. The maximum atomic E-state index is 6.06. The van der Waals surface area contributed by atoms with E-state index in [4.69, 9.17) is 10.5 Å². The Bertz CT molecular complexity index is 559. The standard InChI is InChI=1S/C18H28N2O/c1-4-17(19)11-15-5-6-16-7-8-20(18(16)12-15)9-10-21-13-14(2)3/h5-8,12,14,17H,4,9-11,13,19H2,1-3H3. The predicted molar refractivity (Wildman–Crippen MR) is 89.6 cm³/mol. The zero-order valence-electron chi connectivity index (χ0n) is 13.5. The fourth-order valence-electron chi connectivity index (χ4n) is 2.48. The molecule has 0 aliphatic carbocycles. The Balaban J connectivity index is 2.04. The molecule has 0 radical (unpaired) electrons. The number of nitrogens with two attached hydrogens (primary N) is 1. The molecule has 3 heteroatoms. The zero-order chi connectivity index (χ0) is 15.2. The molecule has 0 bridgehead atoms. The lowest BCUT2D eigenvalue weighted by atomic mass is 10.0. The fraction of sp³-hybridized carbons (Fsp3) is 0.556. The van der Waals surface area contributed by atoms with Crippen molar-refractivity contribution in [1.29, 1.82) is 0 Å². The van der Waals surface area contributed by atoms with Gasteiger partial charge in [0.1, 0.15) is 0 Å². The molecule has 1 aromatic heterocycles. The highest BCUT2D eigenvalue weighted by Crippen LogP contribution is 2.19. The molecular weight excluding hydrogens is 260 g/mol. The highest BCUT2D eigenvalue weighted by Gasteiger charge is 2.06. The van der Waals surface area contributed by atoms with Crippen LogP contribution in [0.3, 0.4) is 0 Å². The Kier molecular flexibility index (Phi) is 5.83. The maximum absolute atomic E-state index is 6.06. The van der Waals surface area contributed by atoms with E-state index in [9.17, 15) is 0 Å². The molecule has 1 atom stereocenters. The van der Waals surface area contributed by atoms with E-state index in [0.717, 1.165) is 32.6 Å². The fourth-order valence-corrected chi connectivity index (χ4v) is 2.48. The first kappa shape index (κ1) is 16.1. The van der Waals surface area contributed by atoms with Crippen LogP contribution in [0.15, 0.2) is 30.5 Å². The van der Waals surface area contributed by atoms with Crippen molar-refractivity contribution >= 4 is 10.9 Å². The number of nitrogens with zero attached hydrogens (tertiary/aromatic N) is 1. The molecular formula is C18H28N2O. The molecule has 1 unspecified atom stereocenters. The van der Waals surface area contributed by atoms with Crippen molar-refractivity contribution in [2.24, 2.45) is 11.7 Å². The van der Waals surface area contributed by atoms with Gasteiger partial charge in [0.25, 0.3) is 0 Å². The van der Waals surface area contributed by atoms with Gasteiger partial charge >= 0.3 is 0 Å². The van der Waals surface area contributed by atoms with Crippen LogP contribution < -0.4 is 5.73 Å². The second kappa shape index (κ2) is 7.62. The van der Waals surface area contributed by atoms with Gasteiger partial charge in [0.2, 0.25) is 0 Å². The molecule has 21 heavy (non-hydrogen) atoms. The third kappa shape index (κ3) is 4.58. The summed E-state index contributed by atoms with van der Waals surface area (Å²) in [5, 5.41) is 1.28. The molecule has 116 valence electrons. The van der Waals surface area contributed by atoms with Crippen LogP contribution in [0.25, 0.3) is 10.9 Å². The Morgan fingerprint density at radius 3 is 2.76 bits per heavy atom. The Labute approximate surface area is 128 Å². The van der Waals surface area contributed by atoms with E-state index in [2.05, 4.69) is 55.8 Å². The average Bonchev–Trinajstić information content (AvgIpc) is 2.86. The molecule has 1 heterocycles. The van der Waals surface area contributed by atoms with E-state index in [1.54, 1.807) is 0 Å². The molecule has 0 amide bonds. The van der Waals surface area contributed by atoms with E-state index >= 15 is 0 Å². The molecule has 2 N–H and O–H groups in total. The van der Waals surface area contributed by atoms with E-state index in [1.165, 1.54) is 16.5 Å². The average molecular weight is 288 g/mol. The second-order valence-electron chi connectivity index (χ2n) is 6.24. The van der Waals surface area contributed by atoms with Crippen LogP contribution in [0.5, 0.6) is 0 Å². The summed E-state index contributed by atoms with van der Waals surface area (Å²) in [6.45, 7) is 8.98. The molecule has 0 saturated heterocycles. The highest BCUT2D eigenvalue weighted by atomic mass is 16.5. The Morgan fingerprint density at radius 1 is 1.24 bits per heavy atom. The lowest BCUT2D eigenvalue weighted by Gasteiger charge is -2.11. The maximum Gasteiger partial charge on any atom is 0.0645 e. The van der Waals surface area contributed by atoms with Crippen LogP contribution >= 0.6 is 0 Å². The third-order valence-electron chi connectivity index (χ3n) is 3.79. The van der Waals surface area contributed by atoms with Crippen LogP contribution in [0.2, 0.25) is 0 Å². The van der Waals surface area contributed by atoms with Crippen LogP contribution in [-0.4, -0.2) is 23.8 Å². The van der Waals surface area contributed by atoms with Gasteiger partial charge in [0.15, 0.2) is 0 Å². The monoisotopic (exact) mass is 288 g/mol. The normalized spacial score (nSPS) is 13.2. The largest absolute Gasteiger partial charge is 0.379 e. The van der Waals surface area contributed by atoms with Crippen molar-refractivity contribution in [3.63, 3.8) is 0 Å². The summed E-state index contributed by atoms with van der Waals surface area (Å²) in [4.78, 5) is 0. The minimum Gasteiger partial charge on any atom is -0.379 e. The van der Waals surface area contributed by atoms with Crippen LogP contribution in [0, 0.1) is 5.92 Å². The lowest BCUT2D eigenvalue weighted by Crippen LogP contribution is -2.21. The molecule has 0 aliphatic heterocycles. The zero-order valence-corrected chi connectivity index (χ0v) is 13.5. The summed E-state index contributed by atoms with van der Waals surface area (Å²) < 4.78 is 7.96. The third-order valence-corrected chi connectivity index (χ3v) is 3.79. The first-order valence-corrected chi connectivity index (χ1v) is 8.01. The van der Waals surface area contributed by atoms with E-state index < -0.39 is 0 Å². The molecule has 0 saturated carbocycles. The predicted octanol–water partition coefficient (Wildman–Crippen LogP) is 3.59. The van der Waals surface area contributed by atoms with E-state index in [0.29, 0.717) is 5.92 Å². The summed E-state index contributed by atoms with van der Waals surface area (Å²) in [6.07, 6.45) is 4.11. The first-order chi connectivity index (χ1) is 10.1. The summed E-state index contributed by atoms with van der Waals surface area (Å²) in [6, 6.07) is 9.07. The molecule has 3 nitrogen and oxygen atoms in total.